The second kappa shape index (κ2) is 8.11. The van der Waals surface area contributed by atoms with Crippen molar-refractivity contribution >= 4 is 15.9 Å². The van der Waals surface area contributed by atoms with Crippen LogP contribution in [-0.2, 0) is 19.6 Å². The fraction of sp³-hybridized carbons (Fsp3) is 0.500. The number of rotatable bonds is 8. The Balaban J connectivity index is 2.77. The Morgan fingerprint density at radius 3 is 2.32 bits per heavy atom. The van der Waals surface area contributed by atoms with Crippen molar-refractivity contribution in [1.82, 2.24) is 10.0 Å². The number of sulfonamides is 1. The molecule has 1 amide bonds. The van der Waals surface area contributed by atoms with Crippen molar-refractivity contribution in [2.75, 3.05) is 20.8 Å². The topological polar surface area (TPSA) is 93.7 Å². The minimum atomic E-state index is -3.61. The summed E-state index contributed by atoms with van der Waals surface area (Å²) in [5.74, 6) is 0.159. The summed E-state index contributed by atoms with van der Waals surface area (Å²) in [6.07, 6.45) is -0.660. The van der Waals surface area contributed by atoms with Crippen molar-refractivity contribution in [2.24, 2.45) is 0 Å². The lowest BCUT2D eigenvalue weighted by Gasteiger charge is -2.15. The monoisotopic (exact) mass is 330 g/mol. The quantitative estimate of drug-likeness (QED) is 0.724. The molecule has 0 fully saturated rings. The molecule has 0 bridgehead atoms. The summed E-state index contributed by atoms with van der Waals surface area (Å²) in [5.41, 5.74) is 0. The minimum absolute atomic E-state index is 0.121. The van der Waals surface area contributed by atoms with Crippen LogP contribution in [-0.4, -0.2) is 47.2 Å². The first-order valence-corrected chi connectivity index (χ1v) is 8.28. The van der Waals surface area contributed by atoms with Gasteiger partial charge in [-0.2, -0.15) is 0 Å². The number of carbonyl (C=O) groups excluding carboxylic acids is 1. The predicted octanol–water partition coefficient (Wildman–Crippen LogP) is 0.513. The SMILES string of the molecule is CNC(=O)[C@H](C)Oc1ccc(S(=O)(=O)N[C@@H](C)COC)cc1. The van der Waals surface area contributed by atoms with Crippen molar-refractivity contribution in [3.63, 3.8) is 0 Å². The predicted molar refractivity (Wildman–Crippen MR) is 82.3 cm³/mol. The van der Waals surface area contributed by atoms with Crippen LogP contribution in [0.15, 0.2) is 29.2 Å². The van der Waals surface area contributed by atoms with E-state index in [1.165, 1.54) is 38.4 Å². The Morgan fingerprint density at radius 1 is 1.23 bits per heavy atom. The molecular formula is C14H22N2O5S. The summed E-state index contributed by atoms with van der Waals surface area (Å²) in [6, 6.07) is 5.53. The summed E-state index contributed by atoms with van der Waals surface area (Å²) in [5, 5.41) is 2.47. The maximum atomic E-state index is 12.1. The van der Waals surface area contributed by atoms with Gasteiger partial charge in [0.2, 0.25) is 10.0 Å². The lowest BCUT2D eigenvalue weighted by atomic mass is 10.3. The van der Waals surface area contributed by atoms with E-state index in [4.69, 9.17) is 9.47 Å². The zero-order valence-corrected chi connectivity index (χ0v) is 13.9. The number of hydrogen-bond donors (Lipinski definition) is 2. The Hall–Kier alpha value is -1.64. The number of ether oxygens (including phenoxy) is 2. The van der Waals surface area contributed by atoms with Gasteiger partial charge in [0, 0.05) is 20.2 Å². The lowest BCUT2D eigenvalue weighted by Crippen LogP contribution is -2.35. The summed E-state index contributed by atoms with van der Waals surface area (Å²) in [7, 11) is -0.590. The number of carbonyl (C=O) groups is 1. The Bertz CT molecular complexity index is 586. The lowest BCUT2D eigenvalue weighted by molar-refractivity contribution is -0.126. The molecule has 2 N–H and O–H groups in total. The molecule has 0 radical (unpaired) electrons. The standard InChI is InChI=1S/C14H22N2O5S/c1-10(9-20-4)16-22(18,19)13-7-5-12(6-8-13)21-11(2)14(17)15-3/h5-8,10-11,16H,9H2,1-4H3,(H,15,17)/t10-,11-/m0/s1. The van der Waals surface area contributed by atoms with E-state index < -0.39 is 16.1 Å². The highest BCUT2D eigenvalue weighted by atomic mass is 32.2. The highest BCUT2D eigenvalue weighted by Crippen LogP contribution is 2.17. The number of hydrogen-bond acceptors (Lipinski definition) is 5. The van der Waals surface area contributed by atoms with Gasteiger partial charge in [0.1, 0.15) is 5.75 Å². The molecule has 0 saturated carbocycles. The van der Waals surface area contributed by atoms with Crippen LogP contribution in [0.25, 0.3) is 0 Å². The fourth-order valence-electron chi connectivity index (χ4n) is 1.78. The summed E-state index contributed by atoms with van der Waals surface area (Å²) < 4.78 is 37.1. The molecule has 1 aromatic carbocycles. The van der Waals surface area contributed by atoms with E-state index in [2.05, 4.69) is 10.0 Å². The van der Waals surface area contributed by atoms with Crippen LogP contribution in [0.3, 0.4) is 0 Å². The Morgan fingerprint density at radius 2 is 1.82 bits per heavy atom. The molecule has 2 atom stereocenters. The average molecular weight is 330 g/mol. The molecule has 1 rings (SSSR count). The maximum Gasteiger partial charge on any atom is 0.260 e. The van der Waals surface area contributed by atoms with E-state index in [1.54, 1.807) is 13.8 Å². The van der Waals surface area contributed by atoms with Crippen LogP contribution < -0.4 is 14.8 Å². The largest absolute Gasteiger partial charge is 0.481 e. The van der Waals surface area contributed by atoms with Crippen molar-refractivity contribution < 1.29 is 22.7 Å². The Labute approximate surface area is 131 Å². The molecule has 0 aromatic heterocycles. The fourth-order valence-corrected chi connectivity index (χ4v) is 3.00. The zero-order chi connectivity index (χ0) is 16.8. The van der Waals surface area contributed by atoms with Crippen molar-refractivity contribution in [3.8, 4) is 5.75 Å². The molecule has 0 unspecified atom stereocenters. The van der Waals surface area contributed by atoms with Gasteiger partial charge in [0.15, 0.2) is 6.10 Å². The van der Waals surface area contributed by atoms with Gasteiger partial charge in [-0.15, -0.1) is 0 Å². The number of benzene rings is 1. The number of likely N-dealkylation sites (N-methyl/N-ethyl adjacent to an activating group) is 1. The second-order valence-electron chi connectivity index (χ2n) is 4.82. The average Bonchev–Trinajstić information content (AvgIpc) is 2.46. The first-order chi connectivity index (χ1) is 10.3. The summed E-state index contributed by atoms with van der Waals surface area (Å²) >= 11 is 0. The van der Waals surface area contributed by atoms with E-state index in [0.717, 1.165) is 0 Å². The maximum absolute atomic E-state index is 12.1. The van der Waals surface area contributed by atoms with Crippen LogP contribution in [0.2, 0.25) is 0 Å². The van der Waals surface area contributed by atoms with Gasteiger partial charge < -0.3 is 14.8 Å². The van der Waals surface area contributed by atoms with Crippen LogP contribution in [0.1, 0.15) is 13.8 Å². The van der Waals surface area contributed by atoms with Crippen LogP contribution in [0, 0.1) is 0 Å². The van der Waals surface area contributed by atoms with Gasteiger partial charge in [-0.25, -0.2) is 13.1 Å². The molecule has 0 spiro atoms. The smallest absolute Gasteiger partial charge is 0.260 e. The van der Waals surface area contributed by atoms with Crippen molar-refractivity contribution in [3.05, 3.63) is 24.3 Å². The van der Waals surface area contributed by atoms with Crippen LogP contribution in [0.5, 0.6) is 5.75 Å². The molecule has 0 aliphatic carbocycles. The van der Waals surface area contributed by atoms with E-state index in [1.807, 2.05) is 0 Å². The third kappa shape index (κ3) is 5.28. The van der Waals surface area contributed by atoms with E-state index in [-0.39, 0.29) is 23.5 Å². The van der Waals surface area contributed by atoms with Gasteiger partial charge in [0.05, 0.1) is 11.5 Å². The number of amides is 1. The second-order valence-corrected chi connectivity index (χ2v) is 6.54. The third-order valence-corrected chi connectivity index (χ3v) is 4.44. The van der Waals surface area contributed by atoms with Crippen LogP contribution in [0.4, 0.5) is 0 Å². The van der Waals surface area contributed by atoms with Gasteiger partial charge >= 0.3 is 0 Å². The first kappa shape index (κ1) is 18.4. The summed E-state index contributed by atoms with van der Waals surface area (Å²) in [4.78, 5) is 11.5. The molecule has 0 saturated heterocycles. The molecule has 22 heavy (non-hydrogen) atoms. The molecule has 7 nitrogen and oxygen atoms in total. The highest BCUT2D eigenvalue weighted by Gasteiger charge is 2.18. The van der Waals surface area contributed by atoms with E-state index >= 15 is 0 Å². The van der Waals surface area contributed by atoms with E-state index in [0.29, 0.717) is 5.75 Å². The normalized spacial score (nSPS) is 14.2. The molecule has 8 heteroatoms. The number of methoxy groups -OCH3 is 1. The van der Waals surface area contributed by atoms with Crippen molar-refractivity contribution in [2.45, 2.75) is 30.9 Å². The van der Waals surface area contributed by atoms with Gasteiger partial charge in [-0.3, -0.25) is 4.79 Å². The summed E-state index contributed by atoms with van der Waals surface area (Å²) in [6.45, 7) is 3.60. The van der Waals surface area contributed by atoms with Gasteiger partial charge in [-0.05, 0) is 38.1 Å². The molecule has 0 aliphatic rings. The van der Waals surface area contributed by atoms with Crippen LogP contribution >= 0.6 is 0 Å². The zero-order valence-electron chi connectivity index (χ0n) is 13.1. The van der Waals surface area contributed by atoms with E-state index in [9.17, 15) is 13.2 Å². The van der Waals surface area contributed by atoms with Crippen molar-refractivity contribution in [1.29, 1.82) is 0 Å². The highest BCUT2D eigenvalue weighted by molar-refractivity contribution is 7.89. The molecule has 0 aliphatic heterocycles. The molecule has 1 aromatic rings. The number of nitrogens with one attached hydrogen (secondary N) is 2. The van der Waals surface area contributed by atoms with Gasteiger partial charge in [0.25, 0.3) is 5.91 Å². The third-order valence-electron chi connectivity index (χ3n) is 2.84. The molecule has 124 valence electrons. The minimum Gasteiger partial charge on any atom is -0.481 e. The first-order valence-electron chi connectivity index (χ1n) is 6.79. The van der Waals surface area contributed by atoms with Gasteiger partial charge in [-0.1, -0.05) is 0 Å². The Kier molecular flexibility index (Phi) is 6.79. The molecule has 0 heterocycles. The molecular weight excluding hydrogens is 308 g/mol.